The molecule has 0 fully saturated rings. The highest BCUT2D eigenvalue weighted by atomic mass is 19.1. The minimum atomic E-state index is -0.248. The van der Waals surface area contributed by atoms with Gasteiger partial charge in [-0.25, -0.2) is 4.39 Å². The number of fused-ring (bicyclic) bond motifs is 1. The Balaban J connectivity index is 1.58. The summed E-state index contributed by atoms with van der Waals surface area (Å²) in [6.07, 6.45) is 8.54. The second-order valence-electron chi connectivity index (χ2n) is 9.43. The van der Waals surface area contributed by atoms with Crippen LogP contribution in [0, 0.1) is 12.7 Å². The van der Waals surface area contributed by atoms with E-state index in [-0.39, 0.29) is 5.82 Å². The molecule has 0 saturated heterocycles. The van der Waals surface area contributed by atoms with Gasteiger partial charge in [0.05, 0.1) is 16.9 Å². The molecular formula is C32H34FN5. The average Bonchev–Trinajstić information content (AvgIpc) is 2.92. The van der Waals surface area contributed by atoms with Gasteiger partial charge in [0.1, 0.15) is 5.82 Å². The van der Waals surface area contributed by atoms with E-state index >= 15 is 0 Å². The third-order valence-corrected chi connectivity index (χ3v) is 6.68. The van der Waals surface area contributed by atoms with Crippen molar-refractivity contribution < 1.29 is 4.39 Å². The normalized spacial score (nSPS) is 12.4. The van der Waals surface area contributed by atoms with Crippen LogP contribution in [0.1, 0.15) is 48.6 Å². The maximum Gasteiger partial charge on any atom is 0.123 e. The predicted molar refractivity (Wildman–Crippen MR) is 157 cm³/mol. The summed E-state index contributed by atoms with van der Waals surface area (Å²) >= 11 is 0. The van der Waals surface area contributed by atoms with Gasteiger partial charge in [0.25, 0.3) is 0 Å². The number of halogens is 1. The summed E-state index contributed by atoms with van der Waals surface area (Å²) in [5.41, 5.74) is 14.1. The molecule has 2 aromatic heterocycles. The van der Waals surface area contributed by atoms with Crippen LogP contribution in [0.25, 0.3) is 22.2 Å². The van der Waals surface area contributed by atoms with Gasteiger partial charge in [0.2, 0.25) is 0 Å². The lowest BCUT2D eigenvalue weighted by atomic mass is 9.91. The fourth-order valence-corrected chi connectivity index (χ4v) is 4.50. The molecule has 5 nitrogen and oxygen atoms in total. The highest BCUT2D eigenvalue weighted by Crippen LogP contribution is 2.31. The average molecular weight is 508 g/mol. The van der Waals surface area contributed by atoms with Crippen LogP contribution < -0.4 is 11.1 Å². The first-order chi connectivity index (χ1) is 18.4. The smallest absolute Gasteiger partial charge is 0.123 e. The van der Waals surface area contributed by atoms with Gasteiger partial charge in [-0.2, -0.15) is 0 Å². The molecule has 0 aliphatic rings. The van der Waals surface area contributed by atoms with Crippen molar-refractivity contribution in [3.8, 4) is 11.3 Å². The molecule has 4 aromatic rings. The maximum absolute atomic E-state index is 13.5. The summed E-state index contributed by atoms with van der Waals surface area (Å²) in [7, 11) is 0. The molecule has 0 radical (unpaired) electrons. The molecule has 6 heteroatoms. The molecule has 0 bridgehead atoms. The van der Waals surface area contributed by atoms with Crippen molar-refractivity contribution in [3.63, 3.8) is 0 Å². The van der Waals surface area contributed by atoms with E-state index in [0.717, 1.165) is 51.1 Å². The van der Waals surface area contributed by atoms with Gasteiger partial charge in [-0.1, -0.05) is 26.5 Å². The number of allylic oxidation sites excluding steroid dienone is 1. The fourth-order valence-electron chi connectivity index (χ4n) is 4.50. The quantitative estimate of drug-likeness (QED) is 0.174. The lowest BCUT2D eigenvalue weighted by molar-refractivity contribution is 0.628. The molecule has 3 N–H and O–H groups in total. The first-order valence-electron chi connectivity index (χ1n) is 12.9. The summed E-state index contributed by atoms with van der Waals surface area (Å²) in [4.78, 5) is 14.2. The standard InChI is InChI=1S/C32H34FN5/c1-5-21(2)29-19-28(38-31(23(29)4)25-8-10-27(33)11-9-25)13-16-35-20-24-17-26-7-6-15-36-32(26)30(18-24)37-22(3)12-14-34/h6-12,14-15,17-21,37H,3,5,13,16,34H2,1-2,4H3/b14-12-,35-20?. The zero-order valence-electron chi connectivity index (χ0n) is 22.2. The van der Waals surface area contributed by atoms with E-state index in [1.54, 1.807) is 24.4 Å². The van der Waals surface area contributed by atoms with Crippen molar-refractivity contribution >= 4 is 22.8 Å². The van der Waals surface area contributed by atoms with Gasteiger partial charge < -0.3 is 11.1 Å². The summed E-state index contributed by atoms with van der Waals surface area (Å²) in [5, 5.41) is 4.28. The van der Waals surface area contributed by atoms with Gasteiger partial charge in [-0.05, 0) is 96.8 Å². The first kappa shape index (κ1) is 26.7. The first-order valence-corrected chi connectivity index (χ1v) is 12.9. The van der Waals surface area contributed by atoms with Crippen LogP contribution in [-0.4, -0.2) is 22.7 Å². The Morgan fingerprint density at radius 3 is 2.71 bits per heavy atom. The molecule has 194 valence electrons. The van der Waals surface area contributed by atoms with E-state index in [9.17, 15) is 4.39 Å². The molecule has 0 saturated carbocycles. The van der Waals surface area contributed by atoms with E-state index in [2.05, 4.69) is 49.8 Å². The Labute approximate surface area is 224 Å². The number of nitrogens with one attached hydrogen (secondary N) is 1. The van der Waals surface area contributed by atoms with Crippen molar-refractivity contribution in [2.45, 2.75) is 39.5 Å². The van der Waals surface area contributed by atoms with Crippen LogP contribution in [0.2, 0.25) is 0 Å². The topological polar surface area (TPSA) is 76.2 Å². The lowest BCUT2D eigenvalue weighted by Crippen LogP contribution is -2.05. The van der Waals surface area contributed by atoms with E-state index < -0.39 is 0 Å². The molecule has 4 rings (SSSR count). The maximum atomic E-state index is 13.5. The van der Waals surface area contributed by atoms with Gasteiger partial charge in [0, 0.05) is 47.7 Å². The van der Waals surface area contributed by atoms with Crippen molar-refractivity contribution in [1.82, 2.24) is 9.97 Å². The zero-order chi connectivity index (χ0) is 27.1. The number of rotatable bonds is 10. The lowest BCUT2D eigenvalue weighted by Gasteiger charge is -2.18. The summed E-state index contributed by atoms with van der Waals surface area (Å²) in [6.45, 7) is 11.1. The van der Waals surface area contributed by atoms with Crippen molar-refractivity contribution in [3.05, 3.63) is 114 Å². The molecule has 0 amide bonds. The number of hydrogen-bond acceptors (Lipinski definition) is 5. The fraction of sp³-hybridized carbons (Fsp3) is 0.219. The Bertz CT molecular complexity index is 1490. The zero-order valence-corrected chi connectivity index (χ0v) is 22.2. The number of hydrogen-bond donors (Lipinski definition) is 2. The number of anilines is 1. The van der Waals surface area contributed by atoms with Crippen LogP contribution in [0.3, 0.4) is 0 Å². The summed E-state index contributed by atoms with van der Waals surface area (Å²) < 4.78 is 13.5. The van der Waals surface area contributed by atoms with Crippen LogP contribution in [0.5, 0.6) is 0 Å². The third-order valence-electron chi connectivity index (χ3n) is 6.68. The molecule has 0 aliphatic carbocycles. The minimum absolute atomic E-state index is 0.248. The number of benzene rings is 2. The van der Waals surface area contributed by atoms with Crippen molar-refractivity contribution in [1.29, 1.82) is 0 Å². The molecule has 38 heavy (non-hydrogen) atoms. The molecule has 0 aliphatic heterocycles. The van der Waals surface area contributed by atoms with Crippen LogP contribution in [-0.2, 0) is 6.42 Å². The summed E-state index contributed by atoms with van der Waals surface area (Å²) in [6, 6.07) is 16.8. The highest BCUT2D eigenvalue weighted by molar-refractivity contribution is 5.97. The predicted octanol–water partition coefficient (Wildman–Crippen LogP) is 7.32. The molecule has 2 aromatic carbocycles. The van der Waals surface area contributed by atoms with Gasteiger partial charge >= 0.3 is 0 Å². The van der Waals surface area contributed by atoms with Crippen molar-refractivity contribution in [2.24, 2.45) is 10.7 Å². The number of pyridine rings is 2. The Kier molecular flexibility index (Phi) is 8.64. The van der Waals surface area contributed by atoms with Gasteiger partial charge in [0.15, 0.2) is 0 Å². The molecule has 1 unspecified atom stereocenters. The van der Waals surface area contributed by atoms with E-state index in [1.165, 1.54) is 23.9 Å². The third kappa shape index (κ3) is 6.32. The number of aromatic nitrogens is 2. The van der Waals surface area contributed by atoms with Crippen LogP contribution >= 0.6 is 0 Å². The second-order valence-corrected chi connectivity index (χ2v) is 9.43. The van der Waals surface area contributed by atoms with Gasteiger partial charge in [-0.3, -0.25) is 15.0 Å². The molecule has 2 heterocycles. The molecule has 0 spiro atoms. The Morgan fingerprint density at radius 2 is 1.97 bits per heavy atom. The van der Waals surface area contributed by atoms with Gasteiger partial charge in [-0.15, -0.1) is 0 Å². The SMILES string of the molecule is C=C(/C=C\N)Nc1cc(C=NCCc2cc(C(C)CC)c(C)c(-c3ccc(F)cc3)n2)cc2cccnc12. The van der Waals surface area contributed by atoms with E-state index in [0.29, 0.717) is 24.6 Å². The largest absolute Gasteiger partial charge is 0.405 e. The second kappa shape index (κ2) is 12.3. The van der Waals surface area contributed by atoms with Crippen LogP contribution in [0.4, 0.5) is 10.1 Å². The van der Waals surface area contributed by atoms with E-state index in [4.69, 9.17) is 15.7 Å². The Hall–Kier alpha value is -4.32. The minimum Gasteiger partial charge on any atom is -0.405 e. The number of nitrogens with zero attached hydrogens (tertiary/aromatic N) is 3. The number of nitrogens with two attached hydrogens (primary N) is 1. The Morgan fingerprint density at radius 1 is 1.18 bits per heavy atom. The van der Waals surface area contributed by atoms with Crippen molar-refractivity contribution in [2.75, 3.05) is 11.9 Å². The monoisotopic (exact) mass is 507 g/mol. The highest BCUT2D eigenvalue weighted by Gasteiger charge is 2.15. The van der Waals surface area contributed by atoms with Crippen LogP contribution in [0.15, 0.2) is 90.3 Å². The molecule has 1 atom stereocenters. The summed E-state index contributed by atoms with van der Waals surface area (Å²) in [5.74, 6) is 0.155. The number of aliphatic imine (C=N–C) groups is 1. The molecular weight excluding hydrogens is 473 g/mol. The van der Waals surface area contributed by atoms with E-state index in [1.807, 2.05) is 24.4 Å².